The van der Waals surface area contributed by atoms with Crippen molar-refractivity contribution in [2.75, 3.05) is 13.4 Å². The van der Waals surface area contributed by atoms with Gasteiger partial charge < -0.3 is 29.4 Å². The van der Waals surface area contributed by atoms with Crippen molar-refractivity contribution in [1.29, 1.82) is 0 Å². The number of aliphatic hydroxyl groups excluding tert-OH is 1. The second kappa shape index (κ2) is 18.4. The number of benzene rings is 2. The molecule has 0 fully saturated rings. The maximum Gasteiger partial charge on any atom is 0.337 e. The van der Waals surface area contributed by atoms with Crippen LogP contribution in [-0.4, -0.2) is 69.8 Å². The molecule has 12 nitrogen and oxygen atoms in total. The lowest BCUT2D eigenvalue weighted by Crippen LogP contribution is -2.41. The third kappa shape index (κ3) is 12.6. The van der Waals surface area contributed by atoms with Gasteiger partial charge >= 0.3 is 17.9 Å². The number of carbonyl (C=O) groups is 4. The van der Waals surface area contributed by atoms with Gasteiger partial charge in [0.25, 0.3) is 5.91 Å². The Balaban J connectivity index is 1.68. The molecule has 3 aromatic rings. The highest BCUT2D eigenvalue weighted by Gasteiger charge is 2.30. The maximum atomic E-state index is 13.3. The Morgan fingerprint density at radius 3 is 2.32 bits per heavy atom. The fourth-order valence-corrected chi connectivity index (χ4v) is 5.14. The Labute approximate surface area is 297 Å². The maximum absolute atomic E-state index is 13.3. The molecule has 0 saturated heterocycles. The second-order valence-electron chi connectivity index (χ2n) is 13.1. The van der Waals surface area contributed by atoms with Crippen LogP contribution >= 0.6 is 11.6 Å². The largest absolute Gasteiger partial charge is 0.474 e. The third-order valence-electron chi connectivity index (χ3n) is 7.44. The Bertz CT molecular complexity index is 1630. The molecular formula is C37H46ClN3O9. The number of nitrogens with one attached hydrogen (secondary N) is 1. The van der Waals surface area contributed by atoms with Crippen LogP contribution in [0.3, 0.4) is 0 Å². The normalized spacial score (nSPS) is 13.1. The van der Waals surface area contributed by atoms with Gasteiger partial charge in [0, 0.05) is 30.6 Å². The Hall–Kier alpha value is -4.68. The molecule has 50 heavy (non-hydrogen) atoms. The van der Waals surface area contributed by atoms with Crippen LogP contribution in [0.5, 0.6) is 5.88 Å². The smallest absolute Gasteiger partial charge is 0.337 e. The number of hydrogen-bond donors (Lipinski definition) is 2. The number of aliphatic hydroxyl groups is 1. The predicted octanol–water partition coefficient (Wildman–Crippen LogP) is 5.45. The lowest BCUT2D eigenvalue weighted by molar-refractivity contribution is -0.179. The van der Waals surface area contributed by atoms with Crippen molar-refractivity contribution in [2.24, 2.45) is 18.9 Å². The molecule has 0 radical (unpaired) electrons. The van der Waals surface area contributed by atoms with Gasteiger partial charge in [-0.05, 0) is 61.9 Å². The Kier molecular flexibility index (Phi) is 14.6. The second-order valence-corrected chi connectivity index (χ2v) is 13.5. The monoisotopic (exact) mass is 711 g/mol. The zero-order chi connectivity index (χ0) is 37.0. The number of aryl methyl sites for hydroxylation is 1. The average molecular weight is 712 g/mol. The van der Waals surface area contributed by atoms with Gasteiger partial charge in [0.2, 0.25) is 12.7 Å². The highest BCUT2D eigenvalue weighted by Crippen LogP contribution is 2.24. The van der Waals surface area contributed by atoms with E-state index in [1.54, 1.807) is 53.8 Å². The number of aromatic nitrogens is 2. The molecule has 0 spiro atoms. The van der Waals surface area contributed by atoms with E-state index in [9.17, 15) is 24.3 Å². The molecule has 1 amide bonds. The first-order valence-corrected chi connectivity index (χ1v) is 16.6. The fraction of sp³-hybridized carbons (Fsp3) is 0.432. The van der Waals surface area contributed by atoms with E-state index in [-0.39, 0.29) is 37.5 Å². The molecule has 0 aliphatic carbocycles. The number of halogens is 1. The van der Waals surface area contributed by atoms with Gasteiger partial charge in [-0.1, -0.05) is 74.5 Å². The molecule has 3 rings (SSSR count). The summed E-state index contributed by atoms with van der Waals surface area (Å²) < 4.78 is 22.4. The molecule has 0 bridgehead atoms. The molecule has 13 heteroatoms. The van der Waals surface area contributed by atoms with Gasteiger partial charge in [-0.15, -0.1) is 0 Å². The highest BCUT2D eigenvalue weighted by atomic mass is 35.5. The summed E-state index contributed by atoms with van der Waals surface area (Å²) in [6.07, 6.45) is -0.302. The number of ether oxygens (including phenoxy) is 4. The van der Waals surface area contributed by atoms with Crippen molar-refractivity contribution in [1.82, 2.24) is 15.1 Å². The Morgan fingerprint density at radius 1 is 1.02 bits per heavy atom. The van der Waals surface area contributed by atoms with Crippen LogP contribution in [-0.2, 0) is 42.1 Å². The van der Waals surface area contributed by atoms with Gasteiger partial charge in [-0.2, -0.15) is 5.10 Å². The summed E-state index contributed by atoms with van der Waals surface area (Å²) >= 11 is 6.15. The van der Waals surface area contributed by atoms with E-state index in [1.165, 1.54) is 10.7 Å². The predicted molar refractivity (Wildman–Crippen MR) is 187 cm³/mol. The summed E-state index contributed by atoms with van der Waals surface area (Å²) in [6, 6.07) is 15.7. The topological polar surface area (TPSA) is 155 Å². The first-order chi connectivity index (χ1) is 23.6. The first-order valence-electron chi connectivity index (χ1n) is 16.2. The molecule has 2 N–H and O–H groups in total. The highest BCUT2D eigenvalue weighted by molar-refractivity contribution is 6.30. The molecule has 0 saturated carbocycles. The van der Waals surface area contributed by atoms with E-state index < -0.39 is 54.3 Å². The summed E-state index contributed by atoms with van der Waals surface area (Å²) in [4.78, 5) is 51.1. The molecule has 1 aromatic heterocycles. The van der Waals surface area contributed by atoms with Gasteiger partial charge in [-0.3, -0.25) is 14.4 Å². The van der Waals surface area contributed by atoms with Crippen LogP contribution < -0.4 is 10.1 Å². The number of amides is 1. The molecule has 3 atom stereocenters. The molecule has 2 aromatic carbocycles. The van der Waals surface area contributed by atoms with E-state index in [0.717, 1.165) is 16.7 Å². The van der Waals surface area contributed by atoms with E-state index >= 15 is 0 Å². The lowest BCUT2D eigenvalue weighted by Gasteiger charge is -2.23. The van der Waals surface area contributed by atoms with Gasteiger partial charge in [0.1, 0.15) is 12.2 Å². The van der Waals surface area contributed by atoms with Crippen molar-refractivity contribution in [3.05, 3.63) is 83.5 Å². The van der Waals surface area contributed by atoms with Crippen LogP contribution in [0.25, 0.3) is 11.1 Å². The van der Waals surface area contributed by atoms with E-state index in [2.05, 4.69) is 17.0 Å². The van der Waals surface area contributed by atoms with Crippen LogP contribution in [0, 0.1) is 11.8 Å². The molecule has 0 aliphatic rings. The number of hydrogen-bond acceptors (Lipinski definition) is 10. The first kappa shape index (κ1) is 39.8. The average Bonchev–Trinajstić information content (AvgIpc) is 3.42. The van der Waals surface area contributed by atoms with Crippen LogP contribution in [0.4, 0.5) is 0 Å². The van der Waals surface area contributed by atoms with Gasteiger partial charge in [0.15, 0.2) is 11.8 Å². The number of esters is 3. The van der Waals surface area contributed by atoms with Crippen LogP contribution in [0.15, 0.2) is 67.3 Å². The van der Waals surface area contributed by atoms with E-state index in [1.807, 2.05) is 42.5 Å². The molecule has 270 valence electrons. The fourth-order valence-electron chi connectivity index (χ4n) is 4.95. The minimum absolute atomic E-state index is 0.0722. The minimum Gasteiger partial charge on any atom is -0.474 e. The summed E-state index contributed by atoms with van der Waals surface area (Å²) in [5, 5.41) is 18.5. The molecule has 0 aliphatic heterocycles. The number of rotatable bonds is 17. The van der Waals surface area contributed by atoms with Gasteiger partial charge in [0.05, 0.1) is 12.3 Å². The van der Waals surface area contributed by atoms with Gasteiger partial charge in [-0.25, -0.2) is 9.48 Å². The van der Waals surface area contributed by atoms with Crippen LogP contribution in [0.1, 0.15) is 63.5 Å². The molecule has 1 heterocycles. The zero-order valence-electron chi connectivity index (χ0n) is 29.3. The summed E-state index contributed by atoms with van der Waals surface area (Å²) in [5.41, 5.74) is 2.04. The minimum atomic E-state index is -1.68. The van der Waals surface area contributed by atoms with Crippen molar-refractivity contribution >= 4 is 35.4 Å². The van der Waals surface area contributed by atoms with Crippen LogP contribution in [0.2, 0.25) is 5.02 Å². The summed E-state index contributed by atoms with van der Waals surface area (Å²) in [6.45, 7) is 11.8. The SMILES string of the molecule is C=CCOc1cc(C(=O)N[C@H](Cc2ccc(-c3cccc(Cl)c3)cc2)C[C@@H](O)C(=O)OCOC(=O)[C@@H](CC(=O)OC(C)(C)C)C(C)C)nn1C. The molecule has 0 unspecified atom stereocenters. The molecular weight excluding hydrogens is 666 g/mol. The van der Waals surface area contributed by atoms with E-state index in [4.69, 9.17) is 30.5 Å². The van der Waals surface area contributed by atoms with Crippen molar-refractivity contribution in [3.8, 4) is 17.0 Å². The number of carbonyl (C=O) groups excluding carboxylic acids is 4. The summed E-state index contributed by atoms with van der Waals surface area (Å²) in [7, 11) is 1.63. The quantitative estimate of drug-likeness (QED) is 0.105. The Morgan fingerprint density at radius 2 is 1.70 bits per heavy atom. The third-order valence-corrected chi connectivity index (χ3v) is 7.68. The number of nitrogens with zero attached hydrogens (tertiary/aromatic N) is 2. The van der Waals surface area contributed by atoms with Crippen molar-refractivity contribution in [2.45, 2.75) is 71.6 Å². The standard InChI is InChI=1S/C37H46ClN3O9/c1-8-16-47-32-21-30(40-41(32)7)34(44)39-28(17-24-12-14-25(15-13-24)26-10-9-11-27(38)18-26)19-31(42)36(46)49-22-48-35(45)29(23(2)3)20-33(43)50-37(4,5)6/h8-15,18,21,23,28-29,31,42H,1,16-17,19-20,22H2,2-7H3,(H,39,44)/t28-,29+,31-/m1/s1. The summed E-state index contributed by atoms with van der Waals surface area (Å²) in [5.74, 6) is -3.64. The zero-order valence-corrected chi connectivity index (χ0v) is 30.1. The lowest BCUT2D eigenvalue weighted by atomic mass is 9.92. The van der Waals surface area contributed by atoms with E-state index in [0.29, 0.717) is 10.9 Å². The van der Waals surface area contributed by atoms with Crippen molar-refractivity contribution in [3.63, 3.8) is 0 Å². The van der Waals surface area contributed by atoms with Crippen molar-refractivity contribution < 1.29 is 43.2 Å².